The van der Waals surface area contributed by atoms with Crippen molar-refractivity contribution in [3.63, 3.8) is 0 Å². The van der Waals surface area contributed by atoms with Gasteiger partial charge in [-0.3, -0.25) is 0 Å². The fourth-order valence-corrected chi connectivity index (χ4v) is 0.249. The molecular formula is C6H8O2Rh. The number of rotatable bonds is 2. The second-order valence-corrected chi connectivity index (χ2v) is 1.22. The zero-order valence-corrected chi connectivity index (χ0v) is 6.64. The Hall–Kier alpha value is -0.427. The van der Waals surface area contributed by atoms with Gasteiger partial charge in [-0.05, 0) is 6.92 Å². The molecule has 0 spiro atoms. The monoisotopic (exact) mass is 215 g/mol. The maximum atomic E-state index is 9.75. The normalized spacial score (nSPS) is 9.89. The number of carboxylic acids is 1. The molecule has 1 radical (unpaired) electrons. The van der Waals surface area contributed by atoms with Crippen LogP contribution in [-0.4, -0.2) is 11.1 Å². The molecule has 0 atom stereocenters. The molecule has 0 rings (SSSR count). The first-order valence-corrected chi connectivity index (χ1v) is 2.29. The number of carbonyl (C=O) groups is 1. The van der Waals surface area contributed by atoms with E-state index in [1.54, 1.807) is 12.2 Å². The van der Waals surface area contributed by atoms with Crippen molar-refractivity contribution in [2.45, 2.75) is 6.92 Å². The summed E-state index contributed by atoms with van der Waals surface area (Å²) in [5.74, 6) is -0.914. The Balaban J connectivity index is 0. The predicted octanol–water partition coefficient (Wildman–Crippen LogP) is 1.20. The maximum Gasteiger partial charge on any atom is 0.328 e. The Morgan fingerprint density at radius 2 is 2.00 bits per heavy atom. The molecule has 0 aromatic heterocycles. The first-order chi connectivity index (χ1) is 3.77. The van der Waals surface area contributed by atoms with E-state index in [4.69, 9.17) is 5.11 Å². The minimum Gasteiger partial charge on any atom is -0.478 e. The first kappa shape index (κ1) is 11.4. The van der Waals surface area contributed by atoms with Gasteiger partial charge in [0.05, 0.1) is 0 Å². The van der Waals surface area contributed by atoms with Crippen LogP contribution in [0.3, 0.4) is 0 Å². The molecule has 2 nitrogen and oxygen atoms in total. The van der Waals surface area contributed by atoms with Gasteiger partial charge in [0.25, 0.3) is 0 Å². The third-order valence-corrected chi connectivity index (χ3v) is 0.542. The van der Waals surface area contributed by atoms with Gasteiger partial charge in [0.15, 0.2) is 0 Å². The Labute approximate surface area is 67.0 Å². The minimum absolute atomic E-state index is 0. The van der Waals surface area contributed by atoms with Gasteiger partial charge < -0.3 is 5.11 Å². The van der Waals surface area contributed by atoms with Gasteiger partial charge in [-0.1, -0.05) is 18.2 Å². The summed E-state index contributed by atoms with van der Waals surface area (Å²) in [6.45, 7) is 1.83. The number of hydrogen-bond donors (Lipinski definition) is 1. The van der Waals surface area contributed by atoms with Crippen LogP contribution in [0, 0.1) is 0 Å². The SMILES string of the molecule is C/C=C/C=C/C(=O)O.[Rh]. The smallest absolute Gasteiger partial charge is 0.328 e. The van der Waals surface area contributed by atoms with Gasteiger partial charge in [0.1, 0.15) is 0 Å². The van der Waals surface area contributed by atoms with Gasteiger partial charge in [-0.2, -0.15) is 0 Å². The molecule has 0 aliphatic heterocycles. The van der Waals surface area contributed by atoms with Crippen molar-refractivity contribution < 1.29 is 29.4 Å². The third-order valence-electron chi connectivity index (χ3n) is 0.542. The standard InChI is InChI=1S/C6H8O2.Rh/c1-2-3-4-5-6(7)8;/h2-5H,1H3,(H,7,8);/b3-2+,5-4+;. The molecule has 0 aliphatic carbocycles. The molecule has 0 aliphatic rings. The second kappa shape index (κ2) is 7.57. The number of allylic oxidation sites excluding steroid dienone is 3. The van der Waals surface area contributed by atoms with Crippen LogP contribution in [0.25, 0.3) is 0 Å². The second-order valence-electron chi connectivity index (χ2n) is 1.22. The third kappa shape index (κ3) is 11.2. The number of aliphatic carboxylic acids is 1. The zero-order chi connectivity index (χ0) is 6.41. The van der Waals surface area contributed by atoms with E-state index in [1.165, 1.54) is 6.08 Å². The van der Waals surface area contributed by atoms with E-state index >= 15 is 0 Å². The van der Waals surface area contributed by atoms with Crippen molar-refractivity contribution in [3.05, 3.63) is 24.3 Å². The van der Waals surface area contributed by atoms with Crippen LogP contribution in [0.4, 0.5) is 0 Å². The number of hydrogen-bond acceptors (Lipinski definition) is 1. The first-order valence-electron chi connectivity index (χ1n) is 2.29. The predicted molar refractivity (Wildman–Crippen MR) is 31.6 cm³/mol. The molecule has 0 fully saturated rings. The Morgan fingerprint density at radius 1 is 1.44 bits per heavy atom. The van der Waals surface area contributed by atoms with Crippen molar-refractivity contribution in [1.82, 2.24) is 0 Å². The summed E-state index contributed by atoms with van der Waals surface area (Å²) in [4.78, 5) is 9.75. The van der Waals surface area contributed by atoms with Crippen molar-refractivity contribution in [2.24, 2.45) is 0 Å². The van der Waals surface area contributed by atoms with Crippen molar-refractivity contribution >= 4 is 5.97 Å². The van der Waals surface area contributed by atoms with E-state index in [1.807, 2.05) is 6.92 Å². The van der Waals surface area contributed by atoms with E-state index in [0.717, 1.165) is 6.08 Å². The van der Waals surface area contributed by atoms with Crippen LogP contribution in [0.5, 0.6) is 0 Å². The molecule has 0 aromatic carbocycles. The van der Waals surface area contributed by atoms with Gasteiger partial charge >= 0.3 is 5.97 Å². The quantitative estimate of drug-likeness (QED) is 0.427. The molecule has 0 aromatic rings. The van der Waals surface area contributed by atoms with E-state index < -0.39 is 5.97 Å². The van der Waals surface area contributed by atoms with Crippen molar-refractivity contribution in [3.8, 4) is 0 Å². The summed E-state index contributed by atoms with van der Waals surface area (Å²) in [5, 5.41) is 8.02. The van der Waals surface area contributed by atoms with Crippen molar-refractivity contribution in [1.29, 1.82) is 0 Å². The van der Waals surface area contributed by atoms with Crippen LogP contribution in [-0.2, 0) is 24.3 Å². The summed E-state index contributed by atoms with van der Waals surface area (Å²) in [7, 11) is 0. The van der Waals surface area contributed by atoms with Crippen LogP contribution >= 0.6 is 0 Å². The van der Waals surface area contributed by atoms with E-state index in [9.17, 15) is 4.79 Å². The molecule has 53 valence electrons. The molecule has 0 saturated heterocycles. The molecule has 3 heteroatoms. The van der Waals surface area contributed by atoms with Crippen molar-refractivity contribution in [2.75, 3.05) is 0 Å². The van der Waals surface area contributed by atoms with Gasteiger partial charge in [-0.25, -0.2) is 4.79 Å². The van der Waals surface area contributed by atoms with Gasteiger partial charge in [-0.15, -0.1) is 0 Å². The molecular weight excluding hydrogens is 207 g/mol. The molecule has 1 N–H and O–H groups in total. The fourth-order valence-electron chi connectivity index (χ4n) is 0.249. The topological polar surface area (TPSA) is 37.3 Å². The zero-order valence-electron chi connectivity index (χ0n) is 5.00. The molecule has 9 heavy (non-hydrogen) atoms. The molecule has 0 saturated carbocycles. The van der Waals surface area contributed by atoms with Crippen LogP contribution < -0.4 is 0 Å². The van der Waals surface area contributed by atoms with Gasteiger partial charge in [0.2, 0.25) is 0 Å². The largest absolute Gasteiger partial charge is 0.478 e. The summed E-state index contributed by atoms with van der Waals surface area (Å²) in [5.41, 5.74) is 0. The fraction of sp³-hybridized carbons (Fsp3) is 0.167. The Morgan fingerprint density at radius 3 is 2.33 bits per heavy atom. The minimum atomic E-state index is -0.914. The maximum absolute atomic E-state index is 9.75. The summed E-state index contributed by atoms with van der Waals surface area (Å²) in [6, 6.07) is 0. The molecule has 0 unspecified atom stereocenters. The molecule has 0 heterocycles. The Bertz CT molecular complexity index is 127. The molecule has 0 bridgehead atoms. The average Bonchev–Trinajstić information content (AvgIpc) is 1.66. The van der Waals surface area contributed by atoms with Gasteiger partial charge in [0, 0.05) is 25.6 Å². The summed E-state index contributed by atoms with van der Waals surface area (Å²) < 4.78 is 0. The average molecular weight is 215 g/mol. The van der Waals surface area contributed by atoms with Crippen LogP contribution in [0.1, 0.15) is 6.92 Å². The summed E-state index contributed by atoms with van der Waals surface area (Å²) in [6.07, 6.45) is 5.98. The number of carboxylic acid groups (broad SMARTS) is 1. The molecule has 0 amide bonds. The van der Waals surface area contributed by atoms with Crippen LogP contribution in [0.15, 0.2) is 24.3 Å². The van der Waals surface area contributed by atoms with E-state index in [-0.39, 0.29) is 19.5 Å². The van der Waals surface area contributed by atoms with E-state index in [0.29, 0.717) is 0 Å². The summed E-state index contributed by atoms with van der Waals surface area (Å²) >= 11 is 0. The van der Waals surface area contributed by atoms with Crippen LogP contribution in [0.2, 0.25) is 0 Å². The Kier molecular flexibility index (Phi) is 9.58. The van der Waals surface area contributed by atoms with E-state index in [2.05, 4.69) is 0 Å².